The van der Waals surface area contributed by atoms with Gasteiger partial charge in [-0.2, -0.15) is 0 Å². The van der Waals surface area contributed by atoms with E-state index in [1.165, 1.54) is 0 Å². The molecule has 2 rings (SSSR count). The second kappa shape index (κ2) is 8.70. The lowest BCUT2D eigenvalue weighted by Gasteiger charge is -2.43. The lowest BCUT2D eigenvalue weighted by Crippen LogP contribution is -2.57. The fourth-order valence-electron chi connectivity index (χ4n) is 3.09. The smallest absolute Gasteiger partial charge is 0.191 e. The van der Waals surface area contributed by atoms with Gasteiger partial charge in [0.15, 0.2) is 5.96 Å². The molecule has 1 aliphatic rings. The number of ether oxygens (including phenoxy) is 1. The van der Waals surface area contributed by atoms with Crippen molar-refractivity contribution in [2.75, 3.05) is 40.9 Å². The third-order valence-corrected chi connectivity index (χ3v) is 5.25. The monoisotopic (exact) mass is 352 g/mol. The Kier molecular flexibility index (Phi) is 6.90. The normalized spacial score (nSPS) is 19.2. The van der Waals surface area contributed by atoms with Crippen molar-refractivity contribution >= 4 is 17.6 Å². The Morgan fingerprint density at radius 1 is 1.33 bits per heavy atom. The van der Waals surface area contributed by atoms with E-state index in [0.29, 0.717) is 0 Å². The number of nitrogens with one attached hydrogen (secondary N) is 2. The summed E-state index contributed by atoms with van der Waals surface area (Å²) in [5.41, 5.74) is 1.17. The van der Waals surface area contributed by atoms with Crippen LogP contribution in [0.25, 0.3) is 0 Å². The van der Waals surface area contributed by atoms with Crippen LogP contribution in [0.2, 0.25) is 5.02 Å². The maximum atomic E-state index is 6.29. The SMILES string of the molecule is CN=C(NCC1(N(C)C)CCOCC1)NC(C)c1ccccc1Cl. The zero-order valence-corrected chi connectivity index (χ0v) is 15.9. The Balaban J connectivity index is 1.98. The van der Waals surface area contributed by atoms with Crippen LogP contribution in [-0.2, 0) is 4.74 Å². The molecule has 0 bridgehead atoms. The number of rotatable bonds is 5. The molecule has 1 aromatic rings. The number of aliphatic imine (C=N–C) groups is 1. The first-order chi connectivity index (χ1) is 11.5. The van der Waals surface area contributed by atoms with E-state index in [9.17, 15) is 0 Å². The first-order valence-corrected chi connectivity index (χ1v) is 8.83. The van der Waals surface area contributed by atoms with Crippen LogP contribution in [-0.4, -0.2) is 57.3 Å². The van der Waals surface area contributed by atoms with Crippen molar-refractivity contribution in [1.29, 1.82) is 0 Å². The van der Waals surface area contributed by atoms with Crippen molar-refractivity contribution in [1.82, 2.24) is 15.5 Å². The molecule has 0 spiro atoms. The fraction of sp³-hybridized carbons (Fsp3) is 0.611. The molecule has 134 valence electrons. The van der Waals surface area contributed by atoms with Crippen LogP contribution in [0.1, 0.15) is 31.4 Å². The molecule has 5 nitrogen and oxygen atoms in total. The van der Waals surface area contributed by atoms with Gasteiger partial charge in [0, 0.05) is 37.4 Å². The molecule has 1 atom stereocenters. The summed E-state index contributed by atoms with van der Waals surface area (Å²) in [6, 6.07) is 7.97. The molecule has 1 heterocycles. The van der Waals surface area contributed by atoms with Crippen LogP contribution >= 0.6 is 11.6 Å². The molecule has 0 radical (unpaired) electrons. The van der Waals surface area contributed by atoms with E-state index in [2.05, 4.69) is 41.5 Å². The minimum absolute atomic E-state index is 0.0786. The molecule has 0 amide bonds. The zero-order valence-electron chi connectivity index (χ0n) is 15.1. The van der Waals surface area contributed by atoms with Crippen molar-refractivity contribution in [2.24, 2.45) is 4.99 Å². The van der Waals surface area contributed by atoms with Crippen molar-refractivity contribution in [3.63, 3.8) is 0 Å². The average Bonchev–Trinajstić information content (AvgIpc) is 2.59. The molecule has 1 aliphatic heterocycles. The number of benzene rings is 1. The molecular weight excluding hydrogens is 324 g/mol. The maximum Gasteiger partial charge on any atom is 0.191 e. The van der Waals surface area contributed by atoms with Gasteiger partial charge >= 0.3 is 0 Å². The molecule has 0 aliphatic carbocycles. The minimum Gasteiger partial charge on any atom is -0.381 e. The van der Waals surface area contributed by atoms with E-state index in [1.807, 2.05) is 24.3 Å². The minimum atomic E-state index is 0.0786. The summed E-state index contributed by atoms with van der Waals surface area (Å²) in [7, 11) is 6.06. The van der Waals surface area contributed by atoms with Crippen LogP contribution in [0, 0.1) is 0 Å². The highest BCUT2D eigenvalue weighted by Gasteiger charge is 2.34. The Hall–Kier alpha value is -1.30. The van der Waals surface area contributed by atoms with E-state index < -0.39 is 0 Å². The summed E-state index contributed by atoms with van der Waals surface area (Å²) in [6.07, 6.45) is 2.04. The summed E-state index contributed by atoms with van der Waals surface area (Å²) >= 11 is 6.29. The Morgan fingerprint density at radius 3 is 2.58 bits per heavy atom. The lowest BCUT2D eigenvalue weighted by molar-refractivity contribution is -0.00502. The van der Waals surface area contributed by atoms with Gasteiger partial charge in [0.25, 0.3) is 0 Å². The van der Waals surface area contributed by atoms with Crippen LogP contribution < -0.4 is 10.6 Å². The second-order valence-corrected chi connectivity index (χ2v) is 6.95. The van der Waals surface area contributed by atoms with Gasteiger partial charge in [0.05, 0.1) is 6.04 Å². The predicted octanol–water partition coefficient (Wildman–Crippen LogP) is 2.68. The van der Waals surface area contributed by atoms with Gasteiger partial charge in [-0.1, -0.05) is 29.8 Å². The van der Waals surface area contributed by atoms with E-state index >= 15 is 0 Å². The molecule has 1 fully saturated rings. The van der Waals surface area contributed by atoms with Crippen LogP contribution in [0.4, 0.5) is 0 Å². The molecule has 0 saturated carbocycles. The van der Waals surface area contributed by atoms with Gasteiger partial charge < -0.3 is 20.3 Å². The van der Waals surface area contributed by atoms with Crippen molar-refractivity contribution in [3.05, 3.63) is 34.9 Å². The molecule has 1 unspecified atom stereocenters. The lowest BCUT2D eigenvalue weighted by atomic mass is 9.88. The summed E-state index contributed by atoms with van der Waals surface area (Å²) in [5, 5.41) is 7.67. The highest BCUT2D eigenvalue weighted by atomic mass is 35.5. The Bertz CT molecular complexity index is 556. The summed E-state index contributed by atoms with van der Waals surface area (Å²) < 4.78 is 5.53. The summed E-state index contributed by atoms with van der Waals surface area (Å²) in [4.78, 5) is 6.66. The molecule has 6 heteroatoms. The Morgan fingerprint density at radius 2 is 2.00 bits per heavy atom. The average molecular weight is 353 g/mol. The zero-order chi connectivity index (χ0) is 17.6. The first kappa shape index (κ1) is 19.0. The molecule has 2 N–H and O–H groups in total. The second-order valence-electron chi connectivity index (χ2n) is 6.54. The highest BCUT2D eigenvalue weighted by Crippen LogP contribution is 2.25. The topological polar surface area (TPSA) is 48.9 Å². The molecule has 1 aromatic carbocycles. The van der Waals surface area contributed by atoms with Crippen LogP contribution in [0.3, 0.4) is 0 Å². The van der Waals surface area contributed by atoms with Crippen molar-refractivity contribution in [2.45, 2.75) is 31.3 Å². The molecule has 24 heavy (non-hydrogen) atoms. The number of guanidine groups is 1. The number of likely N-dealkylation sites (N-methyl/N-ethyl adjacent to an activating group) is 1. The number of halogens is 1. The predicted molar refractivity (Wildman–Crippen MR) is 101 cm³/mol. The number of hydrogen-bond acceptors (Lipinski definition) is 3. The van der Waals surface area contributed by atoms with Gasteiger partial charge in [0.2, 0.25) is 0 Å². The molecule has 0 aromatic heterocycles. The van der Waals surface area contributed by atoms with Gasteiger partial charge in [-0.15, -0.1) is 0 Å². The van der Waals surface area contributed by atoms with Crippen LogP contribution in [0.15, 0.2) is 29.3 Å². The summed E-state index contributed by atoms with van der Waals surface area (Å²) in [6.45, 7) is 4.53. The van der Waals surface area contributed by atoms with Gasteiger partial charge in [-0.25, -0.2) is 0 Å². The highest BCUT2D eigenvalue weighted by molar-refractivity contribution is 6.31. The van der Waals surface area contributed by atoms with Crippen molar-refractivity contribution in [3.8, 4) is 0 Å². The van der Waals surface area contributed by atoms with E-state index in [0.717, 1.165) is 49.1 Å². The number of hydrogen-bond donors (Lipinski definition) is 2. The van der Waals surface area contributed by atoms with Gasteiger partial charge in [-0.05, 0) is 45.5 Å². The third-order valence-electron chi connectivity index (χ3n) is 4.91. The van der Waals surface area contributed by atoms with E-state index in [1.54, 1.807) is 7.05 Å². The molecule has 1 saturated heterocycles. The largest absolute Gasteiger partial charge is 0.381 e. The van der Waals surface area contributed by atoms with Gasteiger partial charge in [0.1, 0.15) is 0 Å². The number of nitrogens with zero attached hydrogens (tertiary/aromatic N) is 2. The fourth-order valence-corrected chi connectivity index (χ4v) is 3.38. The Labute approximate surface area is 150 Å². The standard InChI is InChI=1S/C18H29ClN4O/c1-14(15-7-5-6-8-16(15)19)22-17(20-2)21-13-18(23(3)4)9-11-24-12-10-18/h5-8,14H,9-13H2,1-4H3,(H2,20,21,22). The van der Waals surface area contributed by atoms with Crippen LogP contribution in [0.5, 0.6) is 0 Å². The third kappa shape index (κ3) is 4.62. The maximum absolute atomic E-state index is 6.29. The quantitative estimate of drug-likeness (QED) is 0.632. The van der Waals surface area contributed by atoms with E-state index in [-0.39, 0.29) is 11.6 Å². The molecular formula is C18H29ClN4O. The first-order valence-electron chi connectivity index (χ1n) is 8.45. The van der Waals surface area contributed by atoms with Crippen molar-refractivity contribution < 1.29 is 4.74 Å². The van der Waals surface area contributed by atoms with Gasteiger partial charge in [-0.3, -0.25) is 4.99 Å². The summed E-state index contributed by atoms with van der Waals surface area (Å²) in [5.74, 6) is 0.787. The van der Waals surface area contributed by atoms with E-state index in [4.69, 9.17) is 16.3 Å².